The molecule has 0 aromatic carbocycles. The maximum absolute atomic E-state index is 12.4. The molecule has 0 rings (SSSR count). The normalized spacial score (nSPS) is 13.3. The van der Waals surface area contributed by atoms with Gasteiger partial charge in [-0.05, 0) is 38.5 Å². The lowest BCUT2D eigenvalue weighted by atomic mass is 9.99. The highest BCUT2D eigenvalue weighted by atomic mass is 16.5. The Bertz CT molecular complexity index is 1880. The highest BCUT2D eigenvalue weighted by Crippen LogP contribution is 2.22. The average molecular weight is 1660 g/mol. The molecule has 0 spiro atoms. The standard InChI is InChI=1S/C36H73NO5.C36H73NO4.C32H64O2/c1-3-5-7-9-11-13-15-17-18-20-22-24-26-28-30-34(40)36(42)37-32(31-38)35(41)33(39)29-27-25-23-21-19-16-14-12-10-8-6-4-2;1-3-5-7-9-11-13-15-17-18-19-21-23-25-27-29-31-35(40)37-33(32-38)36(41)34(39)30-28-26-24-22-20-16-14-12-10-8-6-4-2;1-3-5-7-9-11-13-15-17-18-19-20-22-24-26-28-30-32(33)34-31-29-27-25-23-21-16-14-12-10-8-6-4-2/h32-35,38-41H,3-31H2,1-2H3,(H,37,42);33-34,36,38-39,41H,3-32H2,1-2H3,(H,37,40);3-31H2,1-2H3/t32-,33+,34?,35-;;/m0../s1. The van der Waals surface area contributed by atoms with Crippen molar-refractivity contribution in [3.63, 3.8) is 0 Å². The van der Waals surface area contributed by atoms with Crippen molar-refractivity contribution in [2.45, 2.75) is 630 Å². The quantitative estimate of drug-likeness (QED) is 0.0206. The second kappa shape index (κ2) is 103. The van der Waals surface area contributed by atoms with Crippen LogP contribution in [0.2, 0.25) is 0 Å². The van der Waals surface area contributed by atoms with Gasteiger partial charge in [0.1, 0.15) is 18.3 Å². The Kier molecular flexibility index (Phi) is 105. The van der Waals surface area contributed by atoms with Crippen LogP contribution in [0.3, 0.4) is 0 Å². The Labute approximate surface area is 729 Å². The minimum absolute atomic E-state index is 0.0257. The summed E-state index contributed by atoms with van der Waals surface area (Å²) >= 11 is 0. The average Bonchev–Trinajstić information content (AvgIpc) is 0.904. The van der Waals surface area contributed by atoms with Crippen LogP contribution in [0.25, 0.3) is 0 Å². The Morgan fingerprint density at radius 2 is 0.419 bits per heavy atom. The van der Waals surface area contributed by atoms with Crippen molar-refractivity contribution in [3.8, 4) is 0 Å². The number of amides is 2. The number of aliphatic hydroxyl groups excluding tert-OH is 7. The third-order valence-corrected chi connectivity index (χ3v) is 24.8. The molecule has 13 nitrogen and oxygen atoms in total. The predicted octanol–water partition coefficient (Wildman–Crippen LogP) is 29.5. The lowest BCUT2D eigenvalue weighted by molar-refractivity contribution is -0.144. The van der Waals surface area contributed by atoms with E-state index in [2.05, 4.69) is 52.2 Å². The molecule has 0 aromatic heterocycles. The summed E-state index contributed by atoms with van der Waals surface area (Å²) in [5, 5.41) is 76.7. The van der Waals surface area contributed by atoms with E-state index in [9.17, 15) is 50.1 Å². The number of carbonyl (C=O) groups is 3. The summed E-state index contributed by atoms with van der Waals surface area (Å²) < 4.78 is 5.41. The third kappa shape index (κ3) is 94.6. The summed E-state index contributed by atoms with van der Waals surface area (Å²) in [6.07, 6.45) is 100. The van der Waals surface area contributed by atoms with Crippen LogP contribution in [-0.4, -0.2) is 116 Å². The molecule has 0 aliphatic heterocycles. The molecule has 9 N–H and O–H groups in total. The Hall–Kier alpha value is -1.87. The van der Waals surface area contributed by atoms with E-state index < -0.39 is 55.1 Å². The van der Waals surface area contributed by atoms with Gasteiger partial charge in [0, 0.05) is 12.8 Å². The lowest BCUT2D eigenvalue weighted by Crippen LogP contribution is -2.53. The van der Waals surface area contributed by atoms with Gasteiger partial charge in [-0.1, -0.05) is 536 Å². The van der Waals surface area contributed by atoms with Gasteiger partial charge >= 0.3 is 5.97 Å². The van der Waals surface area contributed by atoms with E-state index in [1.54, 1.807) is 0 Å². The molecule has 0 aromatic rings. The Balaban J connectivity index is -0.00000168. The Morgan fingerprint density at radius 3 is 0.650 bits per heavy atom. The molecule has 702 valence electrons. The van der Waals surface area contributed by atoms with Crippen LogP contribution in [0.4, 0.5) is 0 Å². The van der Waals surface area contributed by atoms with Crippen LogP contribution in [0.1, 0.15) is 587 Å². The number of hydrogen-bond donors (Lipinski definition) is 9. The zero-order valence-electron chi connectivity index (χ0n) is 79.5. The van der Waals surface area contributed by atoms with Gasteiger partial charge in [0.2, 0.25) is 11.8 Å². The van der Waals surface area contributed by atoms with Crippen molar-refractivity contribution < 1.29 is 54.9 Å². The lowest BCUT2D eigenvalue weighted by Gasteiger charge is -2.27. The molecular weight excluding hydrogens is 1450 g/mol. The van der Waals surface area contributed by atoms with Crippen LogP contribution >= 0.6 is 0 Å². The molecule has 0 radical (unpaired) electrons. The Morgan fingerprint density at radius 1 is 0.231 bits per heavy atom. The monoisotopic (exact) mass is 1660 g/mol. The fourth-order valence-electron chi connectivity index (χ4n) is 16.5. The first-order valence-corrected chi connectivity index (χ1v) is 52.7. The smallest absolute Gasteiger partial charge is 0.305 e. The van der Waals surface area contributed by atoms with E-state index in [4.69, 9.17) is 4.74 Å². The van der Waals surface area contributed by atoms with Crippen molar-refractivity contribution >= 4 is 17.8 Å². The van der Waals surface area contributed by atoms with Crippen LogP contribution in [0.5, 0.6) is 0 Å². The van der Waals surface area contributed by atoms with E-state index in [-0.39, 0.29) is 18.5 Å². The highest BCUT2D eigenvalue weighted by Gasteiger charge is 2.30. The number of ether oxygens (including phenoxy) is 1. The third-order valence-electron chi connectivity index (χ3n) is 24.8. The number of unbranched alkanes of at least 4 members (excludes halogenated alkanes) is 74. The summed E-state index contributed by atoms with van der Waals surface area (Å²) in [6, 6.07) is -1.78. The van der Waals surface area contributed by atoms with Crippen molar-refractivity contribution in [2.24, 2.45) is 0 Å². The summed E-state index contributed by atoms with van der Waals surface area (Å²) in [5.41, 5.74) is 0. The van der Waals surface area contributed by atoms with Crippen molar-refractivity contribution in [1.82, 2.24) is 10.6 Å². The fraction of sp³-hybridized carbons (Fsp3) is 0.971. The van der Waals surface area contributed by atoms with Crippen LogP contribution in [-0.2, 0) is 19.1 Å². The van der Waals surface area contributed by atoms with E-state index in [1.807, 2.05) is 0 Å². The molecule has 7 atom stereocenters. The van der Waals surface area contributed by atoms with Crippen LogP contribution in [0.15, 0.2) is 0 Å². The first kappa shape index (κ1) is 119. The van der Waals surface area contributed by atoms with Gasteiger partial charge in [0.05, 0.1) is 44.1 Å². The predicted molar refractivity (Wildman–Crippen MR) is 506 cm³/mol. The van der Waals surface area contributed by atoms with Crippen molar-refractivity contribution in [2.75, 3.05) is 19.8 Å². The van der Waals surface area contributed by atoms with E-state index in [0.717, 1.165) is 89.9 Å². The molecule has 13 heteroatoms. The topological polar surface area (TPSA) is 226 Å². The molecule has 4 unspecified atom stereocenters. The largest absolute Gasteiger partial charge is 0.466 e. The summed E-state index contributed by atoms with van der Waals surface area (Å²) in [7, 11) is 0. The maximum Gasteiger partial charge on any atom is 0.305 e. The number of rotatable bonds is 95. The van der Waals surface area contributed by atoms with Crippen LogP contribution < -0.4 is 10.6 Å². The molecule has 0 saturated carbocycles. The molecule has 0 saturated heterocycles. The van der Waals surface area contributed by atoms with E-state index in [1.165, 1.54) is 424 Å². The fourth-order valence-corrected chi connectivity index (χ4v) is 16.5. The summed E-state index contributed by atoms with van der Waals surface area (Å²) in [5.74, 6) is -0.700. The van der Waals surface area contributed by atoms with Gasteiger partial charge in [0.15, 0.2) is 0 Å². The highest BCUT2D eigenvalue weighted by molar-refractivity contribution is 5.80. The molecule has 117 heavy (non-hydrogen) atoms. The molecule has 0 aliphatic carbocycles. The number of carbonyl (C=O) groups excluding carboxylic acids is 3. The number of nitrogens with one attached hydrogen (secondary N) is 2. The second-order valence-corrected chi connectivity index (χ2v) is 36.5. The van der Waals surface area contributed by atoms with Gasteiger partial charge in [-0.2, -0.15) is 0 Å². The first-order valence-electron chi connectivity index (χ1n) is 52.7. The molecule has 0 aliphatic rings. The number of aliphatic hydroxyl groups is 7. The first-order chi connectivity index (χ1) is 57.3. The molecular formula is C104H210N2O11. The van der Waals surface area contributed by atoms with Crippen LogP contribution in [0, 0.1) is 0 Å². The minimum Gasteiger partial charge on any atom is -0.466 e. The zero-order chi connectivity index (χ0) is 86.1. The maximum atomic E-state index is 12.4. The van der Waals surface area contributed by atoms with Crippen molar-refractivity contribution in [1.29, 1.82) is 0 Å². The molecule has 0 heterocycles. The molecule has 2 amide bonds. The van der Waals surface area contributed by atoms with E-state index in [0.29, 0.717) is 38.7 Å². The van der Waals surface area contributed by atoms with Gasteiger partial charge < -0.3 is 51.1 Å². The zero-order valence-corrected chi connectivity index (χ0v) is 79.5. The van der Waals surface area contributed by atoms with E-state index >= 15 is 0 Å². The molecule has 0 fully saturated rings. The van der Waals surface area contributed by atoms with Crippen molar-refractivity contribution in [3.05, 3.63) is 0 Å². The van der Waals surface area contributed by atoms with Gasteiger partial charge in [0.25, 0.3) is 0 Å². The second-order valence-electron chi connectivity index (χ2n) is 36.5. The van der Waals surface area contributed by atoms with Gasteiger partial charge in [-0.3, -0.25) is 14.4 Å². The van der Waals surface area contributed by atoms with Gasteiger partial charge in [-0.25, -0.2) is 0 Å². The summed E-state index contributed by atoms with van der Waals surface area (Å²) in [4.78, 5) is 36.6. The summed E-state index contributed by atoms with van der Waals surface area (Å²) in [6.45, 7) is 13.4. The minimum atomic E-state index is -1.25. The van der Waals surface area contributed by atoms with Gasteiger partial charge in [-0.15, -0.1) is 0 Å². The number of esters is 1. The molecule has 0 bridgehead atoms. The SMILES string of the molecule is CCCCCCCCCCCCCCCCC(O)C(=O)N[C@@H](CO)[C@H](O)[C@H](O)CCCCCCCCCCCCCC.CCCCCCCCCCCCCCCCCC(=O)NC(CO)C(O)C(O)CCCCCCCCCCCCCC.CCCCCCCCCCCCCCCCCC(=O)OCCCCCCCCCCCCCC. The number of hydrogen-bond acceptors (Lipinski definition) is 11.